The molecule has 1 aliphatic rings. The fourth-order valence-electron chi connectivity index (χ4n) is 4.78. The Kier molecular flexibility index (Phi) is 6.70. The van der Waals surface area contributed by atoms with Crippen LogP contribution in [0.5, 0.6) is 0 Å². The van der Waals surface area contributed by atoms with Gasteiger partial charge in [0.25, 0.3) is 5.56 Å². The number of amides is 1. The fourth-order valence-corrected chi connectivity index (χ4v) is 4.78. The van der Waals surface area contributed by atoms with Crippen molar-refractivity contribution in [2.75, 3.05) is 25.5 Å². The van der Waals surface area contributed by atoms with Crippen LogP contribution < -0.4 is 10.9 Å². The summed E-state index contributed by atoms with van der Waals surface area (Å²) < 4.78 is 0. The quantitative estimate of drug-likeness (QED) is 0.612. The second-order valence-corrected chi connectivity index (χ2v) is 9.22. The van der Waals surface area contributed by atoms with Gasteiger partial charge in [-0.15, -0.1) is 0 Å². The zero-order chi connectivity index (χ0) is 22.7. The topological polar surface area (TPSA) is 78.1 Å². The maximum atomic E-state index is 12.9. The first-order valence-corrected chi connectivity index (χ1v) is 11.5. The Balaban J connectivity index is 1.38. The van der Waals surface area contributed by atoms with Gasteiger partial charge in [-0.05, 0) is 75.4 Å². The lowest BCUT2D eigenvalue weighted by atomic mass is 9.83. The molecule has 6 heteroatoms. The van der Waals surface area contributed by atoms with E-state index in [2.05, 4.69) is 46.5 Å². The number of nitrogens with zero attached hydrogens (tertiary/aromatic N) is 2. The van der Waals surface area contributed by atoms with Crippen molar-refractivity contribution in [2.24, 2.45) is 11.8 Å². The zero-order valence-electron chi connectivity index (χ0n) is 19.1. The van der Waals surface area contributed by atoms with Crippen LogP contribution in [0, 0.1) is 11.8 Å². The number of benzene rings is 2. The van der Waals surface area contributed by atoms with E-state index in [4.69, 9.17) is 0 Å². The molecule has 1 aromatic heterocycles. The van der Waals surface area contributed by atoms with Crippen LogP contribution in [0.15, 0.2) is 53.3 Å². The molecule has 2 heterocycles. The third kappa shape index (κ3) is 4.91. The third-order valence-electron chi connectivity index (χ3n) is 6.84. The molecule has 0 radical (unpaired) electrons. The van der Waals surface area contributed by atoms with E-state index in [0.29, 0.717) is 16.5 Å². The summed E-state index contributed by atoms with van der Waals surface area (Å²) in [6.07, 6.45) is 3.55. The molecule has 0 spiro atoms. The second-order valence-electron chi connectivity index (χ2n) is 9.22. The number of aromatic amines is 1. The molecule has 1 aliphatic heterocycles. The molecule has 3 atom stereocenters. The predicted molar refractivity (Wildman–Crippen MR) is 129 cm³/mol. The maximum Gasteiger partial charge on any atom is 0.272 e. The Morgan fingerprint density at radius 1 is 1.19 bits per heavy atom. The van der Waals surface area contributed by atoms with Crippen molar-refractivity contribution in [1.82, 2.24) is 15.1 Å². The van der Waals surface area contributed by atoms with Crippen molar-refractivity contribution in [3.63, 3.8) is 0 Å². The van der Waals surface area contributed by atoms with Gasteiger partial charge in [-0.3, -0.25) is 9.59 Å². The van der Waals surface area contributed by atoms with E-state index in [1.165, 1.54) is 31.5 Å². The van der Waals surface area contributed by atoms with Gasteiger partial charge in [0.1, 0.15) is 0 Å². The number of nitrogens with one attached hydrogen (secondary N) is 2. The summed E-state index contributed by atoms with van der Waals surface area (Å²) in [6, 6.07) is 15.4. The highest BCUT2D eigenvalue weighted by Gasteiger charge is 2.24. The highest BCUT2D eigenvalue weighted by atomic mass is 16.2. The van der Waals surface area contributed by atoms with E-state index in [9.17, 15) is 9.59 Å². The molecule has 4 rings (SSSR count). The van der Waals surface area contributed by atoms with Crippen LogP contribution >= 0.6 is 0 Å². The van der Waals surface area contributed by atoms with Gasteiger partial charge < -0.3 is 10.2 Å². The second kappa shape index (κ2) is 9.65. The number of anilines is 1. The Morgan fingerprint density at radius 3 is 2.62 bits per heavy atom. The van der Waals surface area contributed by atoms with E-state index >= 15 is 0 Å². The first-order valence-electron chi connectivity index (χ1n) is 11.5. The third-order valence-corrected chi connectivity index (χ3v) is 6.84. The number of carbonyl (C=O) groups is 1. The molecule has 0 saturated carbocycles. The molecule has 2 aromatic carbocycles. The minimum atomic E-state index is -0.498. The minimum absolute atomic E-state index is 0.150. The molecule has 32 heavy (non-hydrogen) atoms. The maximum absolute atomic E-state index is 12.9. The number of hydrogen-bond acceptors (Lipinski definition) is 4. The lowest BCUT2D eigenvalue weighted by molar-refractivity contribution is -0.117. The Morgan fingerprint density at radius 2 is 1.91 bits per heavy atom. The Hall–Kier alpha value is -2.99. The average Bonchev–Trinajstić information content (AvgIpc) is 2.79. The summed E-state index contributed by atoms with van der Waals surface area (Å²) in [5.41, 5.74) is 2.39. The first kappa shape index (κ1) is 22.2. The van der Waals surface area contributed by atoms with Crippen LogP contribution in [0.3, 0.4) is 0 Å². The molecule has 1 saturated heterocycles. The van der Waals surface area contributed by atoms with Crippen molar-refractivity contribution in [1.29, 1.82) is 0 Å². The molecule has 0 bridgehead atoms. The van der Waals surface area contributed by atoms with Gasteiger partial charge in [0.05, 0.1) is 17.0 Å². The van der Waals surface area contributed by atoms with Crippen LogP contribution in [-0.4, -0.2) is 41.1 Å². The number of carbonyl (C=O) groups excluding carboxylic acids is 1. The number of aromatic nitrogens is 2. The summed E-state index contributed by atoms with van der Waals surface area (Å²) in [5, 5.41) is 10.9. The molecule has 168 valence electrons. The number of hydrogen-bond donors (Lipinski definition) is 2. The molecular formula is C26H32N4O2. The fraction of sp³-hybridized carbons (Fsp3) is 0.423. The molecule has 2 N–H and O–H groups in total. The van der Waals surface area contributed by atoms with Crippen molar-refractivity contribution in [3.05, 3.63) is 70.1 Å². The first-order chi connectivity index (χ1) is 15.4. The summed E-state index contributed by atoms with van der Waals surface area (Å²) in [4.78, 5) is 27.3. The SMILES string of the molecule is C[C@H](C(=O)Nc1ccc(CC[C@H]2CCN(C)C[C@@H]2C)cc1)c1n[nH]c(=O)c2ccccc12. The highest BCUT2D eigenvalue weighted by molar-refractivity contribution is 5.98. The van der Waals surface area contributed by atoms with Gasteiger partial charge in [-0.2, -0.15) is 5.10 Å². The summed E-state index contributed by atoms with van der Waals surface area (Å²) in [5.74, 6) is 0.877. The monoisotopic (exact) mass is 432 g/mol. The van der Waals surface area contributed by atoms with Crippen LogP contribution in [0.2, 0.25) is 0 Å². The van der Waals surface area contributed by atoms with Crippen molar-refractivity contribution >= 4 is 22.4 Å². The molecule has 0 unspecified atom stereocenters. The number of H-pyrrole nitrogens is 1. The minimum Gasteiger partial charge on any atom is -0.326 e. The predicted octanol–water partition coefficient (Wildman–Crippen LogP) is 4.19. The molecular weight excluding hydrogens is 400 g/mol. The van der Waals surface area contributed by atoms with Crippen LogP contribution in [-0.2, 0) is 11.2 Å². The smallest absolute Gasteiger partial charge is 0.272 e. The van der Waals surface area contributed by atoms with Crippen LogP contribution in [0.25, 0.3) is 10.8 Å². The highest BCUT2D eigenvalue weighted by Crippen LogP contribution is 2.27. The zero-order valence-corrected chi connectivity index (χ0v) is 19.1. The average molecular weight is 433 g/mol. The van der Waals surface area contributed by atoms with E-state index in [1.807, 2.05) is 24.3 Å². The van der Waals surface area contributed by atoms with Gasteiger partial charge in [-0.25, -0.2) is 5.10 Å². The van der Waals surface area contributed by atoms with E-state index < -0.39 is 5.92 Å². The van der Waals surface area contributed by atoms with Gasteiger partial charge in [0.2, 0.25) is 5.91 Å². The largest absolute Gasteiger partial charge is 0.326 e. The lowest BCUT2D eigenvalue weighted by Crippen LogP contribution is -2.36. The lowest BCUT2D eigenvalue weighted by Gasteiger charge is -2.34. The Bertz CT molecular complexity index is 1140. The molecule has 1 amide bonds. The molecule has 0 aliphatic carbocycles. The summed E-state index contributed by atoms with van der Waals surface area (Å²) >= 11 is 0. The number of aryl methyl sites for hydroxylation is 1. The standard InChI is InChI=1S/C26H32N4O2/c1-17-16-30(3)15-14-20(17)11-8-19-9-12-21(13-10-19)27-25(31)18(2)24-22-6-4-5-7-23(22)26(32)29-28-24/h4-7,9-10,12-13,17-18,20H,8,11,14-16H2,1-3H3,(H,27,31)(H,29,32)/t17-,18-,20-/m0/s1. The van der Waals surface area contributed by atoms with Crippen molar-refractivity contribution < 1.29 is 4.79 Å². The van der Waals surface area contributed by atoms with Crippen molar-refractivity contribution in [2.45, 2.75) is 39.0 Å². The van der Waals surface area contributed by atoms with Crippen LogP contribution in [0.4, 0.5) is 5.69 Å². The normalized spacial score (nSPS) is 20.2. The van der Waals surface area contributed by atoms with E-state index in [-0.39, 0.29) is 11.5 Å². The van der Waals surface area contributed by atoms with Gasteiger partial charge >= 0.3 is 0 Å². The molecule has 3 aromatic rings. The number of likely N-dealkylation sites (tertiary alicyclic amines) is 1. The Labute approximate surface area is 189 Å². The number of fused-ring (bicyclic) bond motifs is 1. The number of piperidine rings is 1. The van der Waals surface area contributed by atoms with Gasteiger partial charge in [0.15, 0.2) is 0 Å². The van der Waals surface area contributed by atoms with Crippen molar-refractivity contribution in [3.8, 4) is 0 Å². The molecule has 1 fully saturated rings. The van der Waals surface area contributed by atoms with E-state index in [1.54, 1.807) is 19.1 Å². The van der Waals surface area contributed by atoms with E-state index in [0.717, 1.165) is 23.9 Å². The molecule has 6 nitrogen and oxygen atoms in total. The number of rotatable bonds is 6. The van der Waals surface area contributed by atoms with Crippen LogP contribution in [0.1, 0.15) is 43.9 Å². The van der Waals surface area contributed by atoms with Gasteiger partial charge in [-0.1, -0.05) is 37.3 Å². The van der Waals surface area contributed by atoms with Gasteiger partial charge in [0, 0.05) is 17.6 Å². The summed E-state index contributed by atoms with van der Waals surface area (Å²) in [7, 11) is 2.20. The summed E-state index contributed by atoms with van der Waals surface area (Å²) in [6.45, 7) is 6.55.